The molecule has 0 bridgehead atoms. The van der Waals surface area contributed by atoms with E-state index in [-0.39, 0.29) is 6.61 Å². The lowest BCUT2D eigenvalue weighted by Crippen LogP contribution is -2.14. The molecule has 0 spiro atoms. The average molecular weight is 392 g/mol. The van der Waals surface area contributed by atoms with Crippen molar-refractivity contribution in [3.05, 3.63) is 0 Å². The molecular weight excluding hydrogens is 360 g/mol. The predicted octanol–water partition coefficient (Wildman–Crippen LogP) is -0.788. The van der Waals surface area contributed by atoms with E-state index in [1.165, 1.54) is 0 Å². The first-order valence-electron chi connectivity index (χ1n) is 7.82. The van der Waals surface area contributed by atoms with Crippen molar-refractivity contribution in [2.75, 3.05) is 92.6 Å². The molecule has 0 fully saturated rings. The summed E-state index contributed by atoms with van der Waals surface area (Å²) in [5.41, 5.74) is 0. The summed E-state index contributed by atoms with van der Waals surface area (Å²) in [6, 6.07) is 0. The summed E-state index contributed by atoms with van der Waals surface area (Å²) in [5.74, 6) is 0. The molecule has 0 aliphatic carbocycles. The molecule has 0 rings (SSSR count). The Morgan fingerprint density at radius 1 is 0.640 bits per heavy atom. The zero-order chi connectivity index (χ0) is 19.2. The molecule has 10 nitrogen and oxygen atoms in total. The molecule has 2 N–H and O–H groups in total. The van der Waals surface area contributed by atoms with Gasteiger partial charge in [0.1, 0.15) is 0 Å². The predicted molar refractivity (Wildman–Crippen MR) is 90.5 cm³/mol. The Labute approximate surface area is 150 Å². The highest BCUT2D eigenvalue weighted by Gasteiger charge is 1.93. The van der Waals surface area contributed by atoms with Gasteiger partial charge in [-0.3, -0.25) is 4.55 Å². The van der Waals surface area contributed by atoms with Crippen LogP contribution in [0.4, 0.5) is 0 Å². The highest BCUT2D eigenvalue weighted by atomic mass is 32.2. The van der Waals surface area contributed by atoms with E-state index in [1.807, 2.05) is 0 Å². The molecule has 0 saturated heterocycles. The molecule has 0 aromatic carbocycles. The van der Waals surface area contributed by atoms with E-state index < -0.39 is 10.1 Å². The SMILES string of the molecule is COCCOCCOCCOCCOCCOCCO.CS(=O)(=O)O. The minimum atomic E-state index is -3.67. The Morgan fingerprint density at radius 3 is 1.12 bits per heavy atom. The number of aliphatic hydroxyl groups is 1. The van der Waals surface area contributed by atoms with E-state index in [0.29, 0.717) is 78.9 Å². The van der Waals surface area contributed by atoms with Gasteiger partial charge in [0.25, 0.3) is 10.1 Å². The summed E-state index contributed by atoms with van der Waals surface area (Å²) in [4.78, 5) is 0. The minimum Gasteiger partial charge on any atom is -0.394 e. The Hall–Kier alpha value is -0.370. The summed E-state index contributed by atoms with van der Waals surface area (Å²) < 4.78 is 56.9. The van der Waals surface area contributed by atoms with Crippen LogP contribution in [0.5, 0.6) is 0 Å². The van der Waals surface area contributed by atoms with Gasteiger partial charge in [0.15, 0.2) is 0 Å². The molecular formula is C14H32O10S. The zero-order valence-electron chi connectivity index (χ0n) is 15.1. The van der Waals surface area contributed by atoms with Crippen LogP contribution in [-0.2, 0) is 38.5 Å². The van der Waals surface area contributed by atoms with Crippen LogP contribution < -0.4 is 0 Å². The molecule has 0 atom stereocenters. The lowest BCUT2D eigenvalue weighted by molar-refractivity contribution is -0.0163. The Kier molecular flexibility index (Phi) is 23.3. The van der Waals surface area contributed by atoms with Crippen molar-refractivity contribution < 1.29 is 46.5 Å². The van der Waals surface area contributed by atoms with Crippen LogP contribution >= 0.6 is 0 Å². The Morgan fingerprint density at radius 2 is 0.880 bits per heavy atom. The molecule has 11 heteroatoms. The first-order chi connectivity index (χ1) is 11.9. The molecule has 154 valence electrons. The van der Waals surface area contributed by atoms with Gasteiger partial charge in [0.05, 0.1) is 85.5 Å². The number of hydrogen-bond donors (Lipinski definition) is 2. The van der Waals surface area contributed by atoms with Crippen LogP contribution in [-0.4, -0.2) is 111 Å². The van der Waals surface area contributed by atoms with Crippen LogP contribution in [0.1, 0.15) is 0 Å². The molecule has 0 heterocycles. The minimum absolute atomic E-state index is 0.0422. The molecule has 0 unspecified atom stereocenters. The summed E-state index contributed by atoms with van der Waals surface area (Å²) in [6.45, 7) is 5.89. The van der Waals surface area contributed by atoms with Crippen LogP contribution in [0.3, 0.4) is 0 Å². The van der Waals surface area contributed by atoms with Crippen LogP contribution in [0.25, 0.3) is 0 Å². The third-order valence-corrected chi connectivity index (χ3v) is 2.16. The third kappa shape index (κ3) is 40.0. The second kappa shape index (κ2) is 21.7. The number of rotatable bonds is 17. The maximum Gasteiger partial charge on any atom is 0.261 e. The van der Waals surface area contributed by atoms with Gasteiger partial charge in [-0.25, -0.2) is 0 Å². The number of methoxy groups -OCH3 is 1. The Bertz CT molecular complexity index is 311. The first kappa shape index (κ1) is 26.9. The van der Waals surface area contributed by atoms with E-state index >= 15 is 0 Å². The van der Waals surface area contributed by atoms with Gasteiger partial charge >= 0.3 is 0 Å². The summed E-state index contributed by atoms with van der Waals surface area (Å²) in [7, 11) is -2.02. The maximum absolute atomic E-state index is 9.19. The molecule has 25 heavy (non-hydrogen) atoms. The second-order valence-electron chi connectivity index (χ2n) is 4.51. The lowest BCUT2D eigenvalue weighted by atomic mass is 10.7. The standard InChI is InChI=1S/C13H28O7.CH4O3S/c1-15-4-5-17-8-9-19-12-13-20-11-10-18-7-6-16-3-2-14;1-5(2,3)4/h14H,2-13H2,1H3;1H3,(H,2,3,4). The van der Waals surface area contributed by atoms with Crippen molar-refractivity contribution in [2.24, 2.45) is 0 Å². The second-order valence-corrected chi connectivity index (χ2v) is 5.98. The van der Waals surface area contributed by atoms with E-state index in [2.05, 4.69) is 0 Å². The molecule has 0 saturated carbocycles. The van der Waals surface area contributed by atoms with Gasteiger partial charge in [-0.1, -0.05) is 0 Å². The van der Waals surface area contributed by atoms with E-state index in [9.17, 15) is 8.42 Å². The molecule has 0 radical (unpaired) electrons. The summed E-state index contributed by atoms with van der Waals surface area (Å²) in [5, 5.41) is 8.47. The number of aliphatic hydroxyl groups excluding tert-OH is 1. The van der Waals surface area contributed by atoms with Crippen LogP contribution in [0.15, 0.2) is 0 Å². The fourth-order valence-corrected chi connectivity index (χ4v) is 1.19. The van der Waals surface area contributed by atoms with Crippen molar-refractivity contribution in [1.82, 2.24) is 0 Å². The zero-order valence-corrected chi connectivity index (χ0v) is 15.9. The van der Waals surface area contributed by atoms with Gasteiger partial charge in [-0.15, -0.1) is 0 Å². The van der Waals surface area contributed by atoms with Gasteiger partial charge in [0.2, 0.25) is 0 Å². The highest BCUT2D eigenvalue weighted by Crippen LogP contribution is 1.83. The molecule has 0 aromatic heterocycles. The highest BCUT2D eigenvalue weighted by molar-refractivity contribution is 7.85. The quantitative estimate of drug-likeness (QED) is 0.240. The first-order valence-corrected chi connectivity index (χ1v) is 9.67. The van der Waals surface area contributed by atoms with Gasteiger partial charge in [0, 0.05) is 7.11 Å². The van der Waals surface area contributed by atoms with Crippen LogP contribution in [0, 0.1) is 0 Å². The number of hydrogen-bond acceptors (Lipinski definition) is 9. The molecule has 0 amide bonds. The van der Waals surface area contributed by atoms with Crippen molar-refractivity contribution in [3.63, 3.8) is 0 Å². The largest absolute Gasteiger partial charge is 0.394 e. The fraction of sp³-hybridized carbons (Fsp3) is 1.00. The average Bonchev–Trinajstić information content (AvgIpc) is 2.53. The molecule has 0 aromatic rings. The smallest absolute Gasteiger partial charge is 0.261 e. The van der Waals surface area contributed by atoms with Crippen molar-refractivity contribution in [2.45, 2.75) is 0 Å². The van der Waals surface area contributed by atoms with Crippen molar-refractivity contribution in [3.8, 4) is 0 Å². The number of ether oxygens (including phenoxy) is 6. The van der Waals surface area contributed by atoms with Gasteiger partial charge in [-0.2, -0.15) is 8.42 Å². The monoisotopic (exact) mass is 392 g/mol. The third-order valence-electron chi connectivity index (χ3n) is 2.16. The van der Waals surface area contributed by atoms with Crippen LogP contribution in [0.2, 0.25) is 0 Å². The topological polar surface area (TPSA) is 130 Å². The normalized spacial score (nSPS) is 11.2. The molecule has 0 aliphatic rings. The molecule has 0 aliphatic heterocycles. The van der Waals surface area contributed by atoms with Gasteiger partial charge < -0.3 is 33.5 Å². The lowest BCUT2D eigenvalue weighted by Gasteiger charge is -2.07. The summed E-state index contributed by atoms with van der Waals surface area (Å²) >= 11 is 0. The maximum atomic E-state index is 9.19. The van der Waals surface area contributed by atoms with E-state index in [4.69, 9.17) is 38.1 Å². The van der Waals surface area contributed by atoms with Crippen molar-refractivity contribution in [1.29, 1.82) is 0 Å². The van der Waals surface area contributed by atoms with Crippen molar-refractivity contribution >= 4 is 10.1 Å². The van der Waals surface area contributed by atoms with E-state index in [1.54, 1.807) is 7.11 Å². The van der Waals surface area contributed by atoms with Gasteiger partial charge in [-0.05, 0) is 0 Å². The van der Waals surface area contributed by atoms with E-state index in [0.717, 1.165) is 0 Å². The Balaban J connectivity index is 0. The summed E-state index contributed by atoms with van der Waals surface area (Å²) in [6.07, 6.45) is 0.715. The fourth-order valence-electron chi connectivity index (χ4n) is 1.19.